The van der Waals surface area contributed by atoms with Crippen LogP contribution in [0.1, 0.15) is 47.8 Å². The number of phenols is 1. The molecule has 0 fully saturated rings. The number of phenolic OH excluding ortho intramolecular Hbond substituents is 1. The lowest BCUT2D eigenvalue weighted by Crippen LogP contribution is -2.33. The number of alkyl halides is 3. The van der Waals surface area contributed by atoms with E-state index in [1.165, 1.54) is 12.1 Å². The highest BCUT2D eigenvalue weighted by atomic mass is 19.4. The largest absolute Gasteiger partial charge is 0.504 e. The van der Waals surface area contributed by atoms with Crippen LogP contribution in [-0.4, -0.2) is 24.2 Å². The van der Waals surface area contributed by atoms with E-state index in [0.717, 1.165) is 23.4 Å². The molecule has 35 heavy (non-hydrogen) atoms. The average molecular weight is 484 g/mol. The van der Waals surface area contributed by atoms with Gasteiger partial charge in [0.2, 0.25) is 6.79 Å². The Balaban J connectivity index is 1.54. The standard InChI is InChI=1S/C26H23F3N2O4/c1-2-33-22-5-3-4-18(24(22)32)20-13-19(16-8-11-21-23(12-16)35-14-34-21)30-25(31-20)15-6-9-17(10-7-15)26(27,28)29/h3-12,20,25,31-32H,2,13-14H2,1H3/t20-,25-/m1/s1. The molecule has 0 saturated heterocycles. The zero-order chi connectivity index (χ0) is 24.6. The Morgan fingerprint density at radius 2 is 1.83 bits per heavy atom. The number of aromatic hydroxyl groups is 1. The third kappa shape index (κ3) is 4.64. The molecular formula is C26H23F3N2O4. The molecule has 0 aliphatic carbocycles. The Hall–Kier alpha value is -3.72. The number of para-hydroxylation sites is 1. The molecule has 182 valence electrons. The van der Waals surface area contributed by atoms with Crippen molar-refractivity contribution in [2.75, 3.05) is 13.4 Å². The van der Waals surface area contributed by atoms with E-state index in [4.69, 9.17) is 19.2 Å². The predicted molar refractivity (Wildman–Crippen MR) is 123 cm³/mol. The third-order valence-corrected chi connectivity index (χ3v) is 6.01. The van der Waals surface area contributed by atoms with Crippen LogP contribution < -0.4 is 19.5 Å². The zero-order valence-corrected chi connectivity index (χ0v) is 18.8. The van der Waals surface area contributed by atoms with Crippen molar-refractivity contribution in [1.82, 2.24) is 5.32 Å². The Morgan fingerprint density at radius 3 is 2.57 bits per heavy atom. The van der Waals surface area contributed by atoms with Crippen molar-refractivity contribution >= 4 is 5.71 Å². The van der Waals surface area contributed by atoms with Gasteiger partial charge in [0.05, 0.1) is 12.2 Å². The average Bonchev–Trinajstić information content (AvgIpc) is 3.33. The van der Waals surface area contributed by atoms with Gasteiger partial charge in [-0.15, -0.1) is 0 Å². The van der Waals surface area contributed by atoms with Crippen LogP contribution in [0.2, 0.25) is 0 Å². The minimum absolute atomic E-state index is 0.0185. The number of hydrogen-bond donors (Lipinski definition) is 2. The number of halogens is 3. The first-order valence-electron chi connectivity index (χ1n) is 11.2. The minimum atomic E-state index is -4.42. The van der Waals surface area contributed by atoms with E-state index in [1.54, 1.807) is 24.3 Å². The van der Waals surface area contributed by atoms with E-state index in [1.807, 2.05) is 19.1 Å². The van der Waals surface area contributed by atoms with Gasteiger partial charge in [-0.1, -0.05) is 24.3 Å². The van der Waals surface area contributed by atoms with Crippen molar-refractivity contribution in [3.05, 3.63) is 82.9 Å². The summed E-state index contributed by atoms with van der Waals surface area (Å²) >= 11 is 0. The monoisotopic (exact) mass is 484 g/mol. The molecule has 0 bridgehead atoms. The van der Waals surface area contributed by atoms with Crippen molar-refractivity contribution in [2.45, 2.75) is 31.7 Å². The molecule has 2 atom stereocenters. The molecule has 6 nitrogen and oxygen atoms in total. The summed E-state index contributed by atoms with van der Waals surface area (Å²) in [5.41, 5.74) is 1.98. The van der Waals surface area contributed by atoms with Crippen LogP contribution in [0.25, 0.3) is 0 Å². The topological polar surface area (TPSA) is 72.3 Å². The Labute approximate surface area is 200 Å². The fourth-order valence-corrected chi connectivity index (χ4v) is 4.27. The smallest absolute Gasteiger partial charge is 0.416 e. The number of ether oxygens (including phenoxy) is 3. The molecule has 0 radical (unpaired) electrons. The summed E-state index contributed by atoms with van der Waals surface area (Å²) in [6.07, 6.45) is -4.63. The number of rotatable bonds is 5. The molecule has 2 N–H and O–H groups in total. The van der Waals surface area contributed by atoms with Crippen LogP contribution in [0.4, 0.5) is 13.2 Å². The first kappa shape index (κ1) is 23.0. The van der Waals surface area contributed by atoms with Crippen LogP contribution in [0.5, 0.6) is 23.0 Å². The SMILES string of the molecule is CCOc1cccc([C@H]2CC(c3ccc4c(c3)OCO4)=N[C@@H](c3ccc(C(F)(F)F)cc3)N2)c1O. The van der Waals surface area contributed by atoms with E-state index in [9.17, 15) is 18.3 Å². The number of fused-ring (bicyclic) bond motifs is 1. The first-order valence-corrected chi connectivity index (χ1v) is 11.2. The van der Waals surface area contributed by atoms with Crippen molar-refractivity contribution < 1.29 is 32.5 Å². The van der Waals surface area contributed by atoms with E-state index < -0.39 is 17.9 Å². The van der Waals surface area contributed by atoms with Gasteiger partial charge in [-0.3, -0.25) is 10.3 Å². The van der Waals surface area contributed by atoms with Crippen LogP contribution in [0, 0.1) is 0 Å². The van der Waals surface area contributed by atoms with Gasteiger partial charge in [-0.05, 0) is 54.4 Å². The van der Waals surface area contributed by atoms with Gasteiger partial charge in [0.1, 0.15) is 6.17 Å². The third-order valence-electron chi connectivity index (χ3n) is 6.01. The van der Waals surface area contributed by atoms with Gasteiger partial charge in [-0.2, -0.15) is 13.2 Å². The number of benzene rings is 3. The lowest BCUT2D eigenvalue weighted by atomic mass is 9.93. The summed E-state index contributed by atoms with van der Waals surface area (Å²) in [7, 11) is 0. The molecule has 5 rings (SSSR count). The lowest BCUT2D eigenvalue weighted by molar-refractivity contribution is -0.137. The molecule has 2 aliphatic heterocycles. The molecule has 0 spiro atoms. The highest BCUT2D eigenvalue weighted by Gasteiger charge is 2.32. The molecule has 0 saturated carbocycles. The Morgan fingerprint density at radius 1 is 1.06 bits per heavy atom. The fourth-order valence-electron chi connectivity index (χ4n) is 4.27. The molecule has 9 heteroatoms. The summed E-state index contributed by atoms with van der Waals surface area (Å²) in [4.78, 5) is 4.82. The quantitative estimate of drug-likeness (QED) is 0.482. The summed E-state index contributed by atoms with van der Waals surface area (Å²) in [5.74, 6) is 1.63. The van der Waals surface area contributed by atoms with E-state index in [2.05, 4.69) is 5.32 Å². The highest BCUT2D eigenvalue weighted by molar-refractivity contribution is 6.02. The van der Waals surface area contributed by atoms with Gasteiger partial charge < -0.3 is 19.3 Å². The van der Waals surface area contributed by atoms with Crippen LogP contribution >= 0.6 is 0 Å². The highest BCUT2D eigenvalue weighted by Crippen LogP contribution is 2.40. The van der Waals surface area contributed by atoms with Crippen molar-refractivity contribution in [1.29, 1.82) is 0 Å². The van der Waals surface area contributed by atoms with Gasteiger partial charge in [-0.25, -0.2) is 0 Å². The van der Waals surface area contributed by atoms with E-state index in [0.29, 0.717) is 41.4 Å². The van der Waals surface area contributed by atoms with E-state index >= 15 is 0 Å². The van der Waals surface area contributed by atoms with Crippen molar-refractivity contribution in [3.63, 3.8) is 0 Å². The molecule has 0 amide bonds. The molecule has 3 aromatic carbocycles. The summed E-state index contributed by atoms with van der Waals surface area (Å²) in [6, 6.07) is 15.3. The summed E-state index contributed by atoms with van der Waals surface area (Å²) < 4.78 is 55.7. The second kappa shape index (κ2) is 9.14. The van der Waals surface area contributed by atoms with Gasteiger partial charge in [0.15, 0.2) is 23.0 Å². The second-order valence-corrected chi connectivity index (χ2v) is 8.22. The van der Waals surface area contributed by atoms with Crippen LogP contribution in [0.3, 0.4) is 0 Å². The first-order chi connectivity index (χ1) is 16.8. The Bertz CT molecular complexity index is 1260. The van der Waals surface area contributed by atoms with Gasteiger partial charge in [0, 0.05) is 23.7 Å². The number of nitrogens with zero attached hydrogens (tertiary/aromatic N) is 1. The molecular weight excluding hydrogens is 461 g/mol. The Kier molecular flexibility index (Phi) is 6.02. The molecule has 0 aromatic heterocycles. The van der Waals surface area contributed by atoms with Gasteiger partial charge in [0.25, 0.3) is 0 Å². The molecule has 2 heterocycles. The molecule has 0 unspecified atom stereocenters. The number of hydrogen-bond acceptors (Lipinski definition) is 6. The maximum atomic E-state index is 13.1. The van der Waals surface area contributed by atoms with Gasteiger partial charge >= 0.3 is 6.18 Å². The zero-order valence-electron chi connectivity index (χ0n) is 18.8. The van der Waals surface area contributed by atoms with Crippen molar-refractivity contribution in [3.8, 4) is 23.0 Å². The molecule has 2 aliphatic rings. The van der Waals surface area contributed by atoms with Crippen LogP contribution in [-0.2, 0) is 6.18 Å². The van der Waals surface area contributed by atoms with E-state index in [-0.39, 0.29) is 18.6 Å². The maximum Gasteiger partial charge on any atom is 0.416 e. The van der Waals surface area contributed by atoms with Crippen molar-refractivity contribution in [2.24, 2.45) is 4.99 Å². The second-order valence-electron chi connectivity index (χ2n) is 8.22. The minimum Gasteiger partial charge on any atom is -0.504 e. The molecule has 3 aromatic rings. The van der Waals surface area contributed by atoms with Crippen LogP contribution in [0.15, 0.2) is 65.7 Å². The number of nitrogens with one attached hydrogen (secondary N) is 1. The number of aliphatic imine (C=N–C) groups is 1. The predicted octanol–water partition coefficient (Wildman–Crippen LogP) is 5.76. The fraction of sp³-hybridized carbons (Fsp3) is 0.269. The maximum absolute atomic E-state index is 13.1. The lowest BCUT2D eigenvalue weighted by Gasteiger charge is -2.31. The summed E-state index contributed by atoms with van der Waals surface area (Å²) in [5, 5.41) is 14.2. The normalized spacial score (nSPS) is 19.4. The summed E-state index contributed by atoms with van der Waals surface area (Å²) in [6.45, 7) is 2.37.